The Morgan fingerprint density at radius 3 is 1.57 bits per heavy atom. The number of nitrogens with zero attached hydrogens (tertiary/aromatic N) is 1. The maximum absolute atomic E-state index is 14.4. The quantitative estimate of drug-likeness (QED) is 0.178. The summed E-state index contributed by atoms with van der Waals surface area (Å²) in [5, 5.41) is 6.92. The summed E-state index contributed by atoms with van der Waals surface area (Å²) in [4.78, 5) is 18.0. The Labute approximate surface area is 246 Å². The fraction of sp³-hybridized carbons (Fsp3) is 0.188. The third-order valence-electron chi connectivity index (χ3n) is 6.72. The molecule has 183 valence electrons. The van der Waals surface area contributed by atoms with E-state index in [1.54, 1.807) is 0 Å². The van der Waals surface area contributed by atoms with Gasteiger partial charge in [-0.1, -0.05) is 80.1 Å². The molecule has 1 N–H and O–H groups in total. The molecular weight excluding hydrogens is 548 g/mol. The summed E-state index contributed by atoms with van der Waals surface area (Å²) in [6.07, 6.45) is 1.65. The van der Waals surface area contributed by atoms with Crippen molar-refractivity contribution in [3.63, 3.8) is 0 Å². The van der Waals surface area contributed by atoms with Crippen molar-refractivity contribution in [3.05, 3.63) is 126 Å². The third kappa shape index (κ3) is 5.94. The van der Waals surface area contributed by atoms with Crippen LogP contribution in [0.4, 0.5) is 11.4 Å². The van der Waals surface area contributed by atoms with Crippen LogP contribution in [0.3, 0.4) is 0 Å². The maximum Gasteiger partial charge on any atom is 0.266 e. The van der Waals surface area contributed by atoms with Crippen molar-refractivity contribution in [2.75, 3.05) is 5.32 Å². The van der Waals surface area contributed by atoms with Crippen LogP contribution in [0.15, 0.2) is 103 Å². The Kier molecular flexibility index (Phi) is 10.4. The van der Waals surface area contributed by atoms with Crippen molar-refractivity contribution in [1.82, 2.24) is 0 Å². The van der Waals surface area contributed by atoms with Crippen molar-refractivity contribution in [3.8, 4) is 0 Å². The standard InChI is InChI=1S/C32H31N2OP.Y/c1-5-15-30(32(35)34-31-24(2)22-26(33-4)23-25(31)3)36(27-16-9-6-10-17-27,28-18-11-7-12-19-28)29-20-13-8-14-21-29;/h6-14,16-23,30H,5,15H2,1-3H3;/p+1. The Morgan fingerprint density at radius 2 is 1.22 bits per heavy atom. The van der Waals surface area contributed by atoms with Crippen molar-refractivity contribution in [2.45, 2.75) is 39.3 Å². The van der Waals surface area contributed by atoms with E-state index in [2.05, 4.69) is 89.9 Å². The molecule has 5 heteroatoms. The summed E-state index contributed by atoms with van der Waals surface area (Å²) < 4.78 is 0. The van der Waals surface area contributed by atoms with Crippen molar-refractivity contribution >= 4 is 40.5 Å². The molecule has 4 rings (SSSR count). The molecule has 0 saturated heterocycles. The van der Waals surface area contributed by atoms with Gasteiger partial charge in [-0.15, -0.1) is 0 Å². The first-order chi connectivity index (χ1) is 17.5. The molecule has 0 spiro atoms. The number of aryl methyl sites for hydroxylation is 2. The molecule has 1 amide bonds. The van der Waals surface area contributed by atoms with Crippen molar-refractivity contribution in [1.29, 1.82) is 0 Å². The molecule has 4 aromatic rings. The minimum Gasteiger partial charge on any atom is -0.322 e. The molecule has 0 saturated carbocycles. The van der Waals surface area contributed by atoms with E-state index in [9.17, 15) is 4.79 Å². The molecule has 0 aromatic heterocycles. The average molecular weight is 581 g/mol. The molecule has 4 aromatic carbocycles. The number of hydrogen-bond donors (Lipinski definition) is 1. The summed E-state index contributed by atoms with van der Waals surface area (Å²) in [7, 11) is -2.38. The fourth-order valence-corrected chi connectivity index (χ4v) is 10.1. The van der Waals surface area contributed by atoms with E-state index in [1.807, 2.05) is 44.2 Å². The number of anilines is 1. The second kappa shape index (κ2) is 13.3. The summed E-state index contributed by atoms with van der Waals surface area (Å²) in [6.45, 7) is 13.4. The van der Waals surface area contributed by atoms with E-state index in [-0.39, 0.29) is 44.3 Å². The molecule has 1 atom stereocenters. The molecular formula is C32H32N2OPY+. The average Bonchev–Trinajstić information content (AvgIpc) is 2.92. The first kappa shape index (κ1) is 28.9. The molecule has 1 unspecified atom stereocenters. The molecule has 0 bridgehead atoms. The summed E-state index contributed by atoms with van der Waals surface area (Å²) in [5.41, 5.74) is 2.96. The van der Waals surface area contributed by atoms with Crippen LogP contribution in [0.1, 0.15) is 30.9 Å². The van der Waals surface area contributed by atoms with Gasteiger partial charge in [-0.25, -0.2) is 4.85 Å². The summed E-state index contributed by atoms with van der Waals surface area (Å²) in [5.74, 6) is 0.0310. The minimum atomic E-state index is -2.38. The van der Waals surface area contributed by atoms with Gasteiger partial charge in [0.1, 0.15) is 23.2 Å². The number of carbonyl (C=O) groups excluding carboxylic acids is 1. The van der Waals surface area contributed by atoms with Crippen molar-refractivity contribution < 1.29 is 37.5 Å². The van der Waals surface area contributed by atoms with Crippen molar-refractivity contribution in [2.24, 2.45) is 0 Å². The van der Waals surface area contributed by atoms with Gasteiger partial charge < -0.3 is 5.32 Å². The third-order valence-corrected chi connectivity index (χ3v) is 11.5. The van der Waals surface area contributed by atoms with Gasteiger partial charge in [-0.2, -0.15) is 0 Å². The topological polar surface area (TPSA) is 33.5 Å². The molecule has 0 aliphatic heterocycles. The van der Waals surface area contributed by atoms with Gasteiger partial charge in [0.05, 0.1) is 6.57 Å². The zero-order valence-electron chi connectivity index (χ0n) is 21.7. The maximum atomic E-state index is 14.4. The van der Waals surface area contributed by atoms with Gasteiger partial charge >= 0.3 is 0 Å². The van der Waals surface area contributed by atoms with Crippen LogP contribution >= 0.6 is 7.26 Å². The Balaban J connectivity index is 0.00000380. The van der Waals surface area contributed by atoms with Gasteiger partial charge in [-0.05, 0) is 67.8 Å². The number of rotatable bonds is 8. The smallest absolute Gasteiger partial charge is 0.266 e. The van der Waals surface area contributed by atoms with E-state index in [0.717, 1.165) is 29.7 Å². The van der Waals surface area contributed by atoms with Gasteiger partial charge in [0.25, 0.3) is 5.91 Å². The first-order valence-electron chi connectivity index (χ1n) is 12.4. The Bertz CT molecular complexity index is 1250. The van der Waals surface area contributed by atoms with Crippen LogP contribution in [0.2, 0.25) is 0 Å². The molecule has 3 nitrogen and oxygen atoms in total. The number of amides is 1. The number of nitrogens with one attached hydrogen (secondary N) is 1. The van der Waals surface area contributed by atoms with Gasteiger partial charge in [0.15, 0.2) is 11.3 Å². The van der Waals surface area contributed by atoms with Gasteiger partial charge in [0, 0.05) is 38.4 Å². The zero-order valence-corrected chi connectivity index (χ0v) is 25.4. The van der Waals surface area contributed by atoms with Crippen LogP contribution in [0, 0.1) is 20.4 Å². The van der Waals surface area contributed by atoms with Crippen LogP contribution in [-0.4, -0.2) is 11.6 Å². The predicted molar refractivity (Wildman–Crippen MR) is 155 cm³/mol. The Morgan fingerprint density at radius 1 is 0.811 bits per heavy atom. The van der Waals surface area contributed by atoms with Crippen LogP contribution in [-0.2, 0) is 37.5 Å². The minimum absolute atomic E-state index is 0. The van der Waals surface area contributed by atoms with E-state index in [1.165, 1.54) is 15.9 Å². The van der Waals surface area contributed by atoms with E-state index >= 15 is 0 Å². The molecule has 0 fully saturated rings. The summed E-state index contributed by atoms with van der Waals surface area (Å²) >= 11 is 0. The zero-order chi connectivity index (χ0) is 25.5. The second-order valence-electron chi connectivity index (χ2n) is 9.09. The van der Waals surface area contributed by atoms with Gasteiger partial charge in [-0.3, -0.25) is 4.79 Å². The van der Waals surface area contributed by atoms with Crippen LogP contribution < -0.4 is 21.2 Å². The number of hydrogen-bond acceptors (Lipinski definition) is 1. The van der Waals surface area contributed by atoms with E-state index in [4.69, 9.17) is 6.57 Å². The molecule has 0 heterocycles. The molecule has 1 radical (unpaired) electrons. The molecule has 0 aliphatic rings. The van der Waals surface area contributed by atoms with Crippen LogP contribution in [0.5, 0.6) is 0 Å². The second-order valence-corrected chi connectivity index (χ2v) is 12.7. The summed E-state index contributed by atoms with van der Waals surface area (Å²) in [6, 6.07) is 35.4. The van der Waals surface area contributed by atoms with Gasteiger partial charge in [0.2, 0.25) is 0 Å². The van der Waals surface area contributed by atoms with E-state index in [0.29, 0.717) is 5.69 Å². The first-order valence-corrected chi connectivity index (χ1v) is 14.2. The fourth-order valence-electron chi connectivity index (χ4n) is 5.16. The predicted octanol–water partition coefficient (Wildman–Crippen LogP) is 6.95. The monoisotopic (exact) mass is 580 g/mol. The number of benzene rings is 4. The molecule has 0 aliphatic carbocycles. The normalized spacial score (nSPS) is 11.6. The molecule has 37 heavy (non-hydrogen) atoms. The number of carbonyl (C=O) groups is 1. The van der Waals surface area contributed by atoms with E-state index < -0.39 is 7.26 Å². The largest absolute Gasteiger partial charge is 0.322 e. The Hall–Kier alpha value is -2.63. The van der Waals surface area contributed by atoms with Crippen LogP contribution in [0.25, 0.3) is 4.85 Å². The SMILES string of the molecule is [C-]#[N+]c1cc(C)c(NC(=O)C(CCC)[P+](c2ccccc2)(c2ccccc2)c2ccccc2)c(C)c1.[Y].